The van der Waals surface area contributed by atoms with E-state index in [1.165, 1.54) is 24.8 Å². The minimum Gasteiger partial charge on any atom is -0.475 e. The van der Waals surface area contributed by atoms with Crippen LogP contribution < -0.4 is 11.1 Å². The van der Waals surface area contributed by atoms with Gasteiger partial charge in [0.2, 0.25) is 11.8 Å². The zero-order chi connectivity index (χ0) is 25.7. The molecule has 1 aromatic carbocycles. The molecule has 1 aromatic rings. The molecule has 7 nitrogen and oxygen atoms in total. The molecule has 2 atom stereocenters. The lowest BCUT2D eigenvalue weighted by molar-refractivity contribution is -0.192. The Morgan fingerprint density at radius 1 is 1.18 bits per heavy atom. The number of likely N-dealkylation sites (N-methyl/N-ethyl adjacent to an activating group) is 1. The molecule has 1 fully saturated rings. The second-order valence-corrected chi connectivity index (χ2v) is 8.33. The van der Waals surface area contributed by atoms with Crippen molar-refractivity contribution in [1.82, 2.24) is 10.2 Å². The summed E-state index contributed by atoms with van der Waals surface area (Å²) < 4.78 is 31.7. The molecule has 0 aromatic heterocycles. The van der Waals surface area contributed by atoms with Crippen LogP contribution in [0.2, 0.25) is 0 Å². The summed E-state index contributed by atoms with van der Waals surface area (Å²) >= 11 is 0. The van der Waals surface area contributed by atoms with Gasteiger partial charge in [0.1, 0.15) is 0 Å². The summed E-state index contributed by atoms with van der Waals surface area (Å²) in [6.07, 6.45) is 5.67. The highest BCUT2D eigenvalue weighted by Gasteiger charge is 2.38. The van der Waals surface area contributed by atoms with Gasteiger partial charge in [-0.2, -0.15) is 13.2 Å². The number of alkyl halides is 3. The topological polar surface area (TPSA) is 113 Å². The Bertz CT molecular complexity index is 807. The Labute approximate surface area is 198 Å². The van der Waals surface area contributed by atoms with Crippen molar-refractivity contribution < 1.29 is 32.7 Å². The largest absolute Gasteiger partial charge is 0.490 e. The number of nitrogens with two attached hydrogens (primary N) is 1. The van der Waals surface area contributed by atoms with Crippen LogP contribution in [-0.4, -0.2) is 59.1 Å². The minimum absolute atomic E-state index is 0.00153. The van der Waals surface area contributed by atoms with E-state index in [4.69, 9.17) is 15.6 Å². The first-order valence-electron chi connectivity index (χ1n) is 11.3. The third kappa shape index (κ3) is 11.3. The number of carboxylic acid groups (broad SMARTS) is 1. The third-order valence-electron chi connectivity index (χ3n) is 5.51. The van der Waals surface area contributed by atoms with E-state index in [2.05, 4.69) is 17.4 Å². The molecule has 34 heavy (non-hydrogen) atoms. The second kappa shape index (κ2) is 14.4. The van der Waals surface area contributed by atoms with Gasteiger partial charge in [-0.05, 0) is 38.2 Å². The number of hydrogen-bond donors (Lipinski definition) is 3. The maximum atomic E-state index is 12.5. The van der Waals surface area contributed by atoms with Crippen molar-refractivity contribution in [2.75, 3.05) is 7.05 Å². The highest BCUT2D eigenvalue weighted by atomic mass is 19.4. The SMILES string of the molecule is C[C@H](N)C(=O)N[C@H](C=CC(=O)N(C)C1CCCCC1)CCc1ccccc1.O=C(O)C(F)(F)F. The van der Waals surface area contributed by atoms with Crippen molar-refractivity contribution in [2.45, 2.75) is 76.2 Å². The first kappa shape index (κ1) is 29.2. The number of carbonyl (C=O) groups is 3. The Balaban J connectivity index is 0.000000718. The second-order valence-electron chi connectivity index (χ2n) is 8.33. The molecule has 0 aliphatic heterocycles. The Kier molecular flexibility index (Phi) is 12.3. The fourth-order valence-corrected chi connectivity index (χ4v) is 3.46. The predicted octanol–water partition coefficient (Wildman–Crippen LogP) is 3.43. The summed E-state index contributed by atoms with van der Waals surface area (Å²) in [6.45, 7) is 1.66. The molecule has 0 bridgehead atoms. The van der Waals surface area contributed by atoms with Crippen molar-refractivity contribution in [2.24, 2.45) is 5.73 Å². The van der Waals surface area contributed by atoms with Gasteiger partial charge in [-0.3, -0.25) is 9.59 Å². The van der Waals surface area contributed by atoms with Crippen LogP contribution in [0.15, 0.2) is 42.5 Å². The molecule has 1 aliphatic rings. The first-order chi connectivity index (χ1) is 15.9. The summed E-state index contributed by atoms with van der Waals surface area (Å²) in [5.41, 5.74) is 6.89. The molecule has 0 spiro atoms. The van der Waals surface area contributed by atoms with Crippen LogP contribution in [0.3, 0.4) is 0 Å². The lowest BCUT2D eigenvalue weighted by Crippen LogP contribution is -2.43. The predicted molar refractivity (Wildman–Crippen MR) is 123 cm³/mol. The normalized spacial score (nSPS) is 16.2. The number of rotatable bonds is 8. The highest BCUT2D eigenvalue weighted by molar-refractivity contribution is 5.88. The number of carbonyl (C=O) groups excluding carboxylic acids is 2. The molecule has 1 saturated carbocycles. The van der Waals surface area contributed by atoms with Gasteiger partial charge in [-0.15, -0.1) is 0 Å². The fourth-order valence-electron chi connectivity index (χ4n) is 3.46. The zero-order valence-electron chi connectivity index (χ0n) is 19.6. The smallest absolute Gasteiger partial charge is 0.475 e. The van der Waals surface area contributed by atoms with E-state index in [9.17, 15) is 22.8 Å². The van der Waals surface area contributed by atoms with E-state index in [1.54, 1.807) is 13.0 Å². The van der Waals surface area contributed by atoms with Crippen molar-refractivity contribution in [3.8, 4) is 0 Å². The van der Waals surface area contributed by atoms with E-state index >= 15 is 0 Å². The molecule has 190 valence electrons. The number of amides is 2. The van der Waals surface area contributed by atoms with Crippen molar-refractivity contribution in [3.63, 3.8) is 0 Å². The van der Waals surface area contributed by atoms with E-state index in [0.29, 0.717) is 6.04 Å². The number of hydrogen-bond acceptors (Lipinski definition) is 4. The molecular weight excluding hydrogens is 451 g/mol. The van der Waals surface area contributed by atoms with E-state index in [0.717, 1.165) is 25.7 Å². The van der Waals surface area contributed by atoms with Crippen LogP contribution in [0.5, 0.6) is 0 Å². The lowest BCUT2D eigenvalue weighted by atomic mass is 9.94. The highest BCUT2D eigenvalue weighted by Crippen LogP contribution is 2.21. The Hall–Kier alpha value is -2.88. The first-order valence-corrected chi connectivity index (χ1v) is 11.3. The average molecular weight is 486 g/mol. The van der Waals surface area contributed by atoms with Crippen LogP contribution in [-0.2, 0) is 20.8 Å². The molecule has 1 aliphatic carbocycles. The third-order valence-corrected chi connectivity index (χ3v) is 5.51. The summed E-state index contributed by atoms with van der Waals surface area (Å²) in [5.74, 6) is -2.96. The molecule has 0 heterocycles. The summed E-state index contributed by atoms with van der Waals surface area (Å²) in [6, 6.07) is 9.67. The maximum absolute atomic E-state index is 12.5. The van der Waals surface area contributed by atoms with Crippen molar-refractivity contribution in [1.29, 1.82) is 0 Å². The molecule has 2 rings (SSSR count). The molecule has 2 amide bonds. The zero-order valence-corrected chi connectivity index (χ0v) is 19.6. The summed E-state index contributed by atoms with van der Waals surface area (Å²) in [5, 5.41) is 10.1. The molecule has 0 unspecified atom stereocenters. The number of aryl methyl sites for hydroxylation is 1. The summed E-state index contributed by atoms with van der Waals surface area (Å²) in [7, 11) is 1.88. The van der Waals surface area contributed by atoms with Gasteiger partial charge in [-0.25, -0.2) is 4.79 Å². The molecule has 10 heteroatoms. The maximum Gasteiger partial charge on any atom is 0.490 e. The molecule has 0 radical (unpaired) electrons. The number of carboxylic acids is 1. The van der Waals surface area contributed by atoms with Gasteiger partial charge in [-0.1, -0.05) is 55.7 Å². The monoisotopic (exact) mass is 485 g/mol. The number of nitrogens with zero attached hydrogens (tertiary/aromatic N) is 1. The van der Waals surface area contributed by atoms with Gasteiger partial charge in [0.05, 0.1) is 6.04 Å². The Morgan fingerprint density at radius 3 is 2.24 bits per heavy atom. The van der Waals surface area contributed by atoms with Gasteiger partial charge < -0.3 is 21.1 Å². The van der Waals surface area contributed by atoms with E-state index in [-0.39, 0.29) is 17.9 Å². The van der Waals surface area contributed by atoms with Gasteiger partial charge in [0, 0.05) is 25.2 Å². The van der Waals surface area contributed by atoms with Crippen LogP contribution in [0.4, 0.5) is 13.2 Å². The average Bonchev–Trinajstić information content (AvgIpc) is 2.80. The number of halogens is 3. The molecular formula is C24H34F3N3O4. The van der Waals surface area contributed by atoms with Gasteiger partial charge in [0.25, 0.3) is 0 Å². The van der Waals surface area contributed by atoms with Crippen molar-refractivity contribution >= 4 is 17.8 Å². The number of aliphatic carboxylic acids is 1. The van der Waals surface area contributed by atoms with Gasteiger partial charge in [0.15, 0.2) is 0 Å². The quantitative estimate of drug-likeness (QED) is 0.489. The standard InChI is InChI=1S/C22H33N3O2.C2HF3O2/c1-17(23)22(27)24-19(14-13-18-9-5-3-6-10-18)15-16-21(26)25(2)20-11-7-4-8-12-20;3-2(4,5)1(6)7/h3,5-6,9-10,15-17,19-20H,4,7-8,11-14,23H2,1-2H3,(H,24,27);(H,6,7)/t17-,19-;/m0./s1. The lowest BCUT2D eigenvalue weighted by Gasteiger charge is -2.30. The Morgan fingerprint density at radius 2 is 1.74 bits per heavy atom. The molecule has 4 N–H and O–H groups in total. The number of nitrogens with one attached hydrogen (secondary N) is 1. The minimum atomic E-state index is -5.08. The van der Waals surface area contributed by atoms with Gasteiger partial charge >= 0.3 is 12.1 Å². The fraction of sp³-hybridized carbons (Fsp3) is 0.542. The van der Waals surface area contributed by atoms with Crippen molar-refractivity contribution in [3.05, 3.63) is 48.0 Å². The number of benzene rings is 1. The van der Waals surface area contributed by atoms with E-state index in [1.807, 2.05) is 36.2 Å². The van der Waals surface area contributed by atoms with E-state index < -0.39 is 18.2 Å². The van der Waals surface area contributed by atoms with Crippen LogP contribution in [0.25, 0.3) is 0 Å². The van der Waals surface area contributed by atoms with Crippen LogP contribution in [0.1, 0.15) is 51.0 Å². The molecule has 0 saturated heterocycles. The van der Waals surface area contributed by atoms with Crippen LogP contribution in [0, 0.1) is 0 Å². The summed E-state index contributed by atoms with van der Waals surface area (Å²) in [4.78, 5) is 35.3. The van der Waals surface area contributed by atoms with Crippen LogP contribution >= 0.6 is 0 Å².